The third-order valence-corrected chi connectivity index (χ3v) is 4.96. The van der Waals surface area contributed by atoms with Crippen molar-refractivity contribution in [3.63, 3.8) is 0 Å². The Morgan fingerprint density at radius 3 is 2.23 bits per heavy atom. The molecule has 0 saturated heterocycles. The van der Waals surface area contributed by atoms with Crippen LogP contribution in [0.1, 0.15) is 16.7 Å². The molecule has 5 nitrogen and oxygen atoms in total. The number of aromatic nitrogens is 2. The average molecular weight is 426 g/mol. The lowest BCUT2D eigenvalue weighted by atomic mass is 10.1. The lowest BCUT2D eigenvalue weighted by Gasteiger charge is -2.06. The van der Waals surface area contributed by atoms with Crippen molar-refractivity contribution < 1.29 is 0 Å². The summed E-state index contributed by atoms with van der Waals surface area (Å²) in [5.74, 6) is 0. The monoisotopic (exact) mass is 425 g/mol. The Hall–Kier alpha value is -3.77. The van der Waals surface area contributed by atoms with Crippen LogP contribution in [0.5, 0.6) is 0 Å². The first kappa shape index (κ1) is 20.5. The van der Waals surface area contributed by atoms with Gasteiger partial charge in [-0.05, 0) is 50.3 Å². The maximum Gasteiger partial charge on any atom is 0.191 e. The lowest BCUT2D eigenvalue weighted by molar-refractivity contribution is 0.883. The minimum atomic E-state index is 0.422. The van der Waals surface area contributed by atoms with Crippen LogP contribution in [0.25, 0.3) is 16.9 Å². The zero-order chi connectivity index (χ0) is 21.6. The number of hydrogen-bond acceptors (Lipinski definition) is 3. The summed E-state index contributed by atoms with van der Waals surface area (Å²) < 4.78 is 1.87. The van der Waals surface area contributed by atoms with Gasteiger partial charge in [-0.1, -0.05) is 65.7 Å². The van der Waals surface area contributed by atoms with Gasteiger partial charge in [-0.15, -0.1) is 0 Å². The Labute approximate surface area is 187 Å². The molecule has 154 valence electrons. The van der Waals surface area contributed by atoms with E-state index in [9.17, 15) is 0 Å². The van der Waals surface area contributed by atoms with Crippen LogP contribution in [0.2, 0.25) is 0 Å². The highest BCUT2D eigenvalue weighted by molar-refractivity contribution is 7.80. The molecule has 0 radical (unpaired) electrons. The van der Waals surface area contributed by atoms with Crippen molar-refractivity contribution >= 4 is 29.2 Å². The zero-order valence-corrected chi connectivity index (χ0v) is 18.2. The number of anilines is 1. The molecule has 0 aliphatic rings. The van der Waals surface area contributed by atoms with Gasteiger partial charge in [-0.2, -0.15) is 10.2 Å². The molecule has 1 aromatic heterocycles. The van der Waals surface area contributed by atoms with E-state index >= 15 is 0 Å². The fourth-order valence-corrected chi connectivity index (χ4v) is 3.26. The Morgan fingerprint density at radius 1 is 0.903 bits per heavy atom. The van der Waals surface area contributed by atoms with Gasteiger partial charge in [-0.25, -0.2) is 4.68 Å². The molecule has 0 bridgehead atoms. The quantitative estimate of drug-likeness (QED) is 0.253. The standard InChI is InChI=1S/C25H23N5S/c1-18-8-12-20(13-9-18)24-21(17-30(29-24)23-14-10-19(2)11-15-23)16-26-28-25(31)27-22-6-4-3-5-7-22/h3-17H,1-2H3,(H2,27,28,31)/b26-16+. The predicted molar refractivity (Wildman–Crippen MR) is 132 cm³/mol. The third kappa shape index (κ3) is 5.24. The highest BCUT2D eigenvalue weighted by atomic mass is 32.1. The summed E-state index contributed by atoms with van der Waals surface area (Å²) in [7, 11) is 0. The van der Waals surface area contributed by atoms with Crippen LogP contribution in [0.3, 0.4) is 0 Å². The Kier molecular flexibility index (Phi) is 6.19. The molecule has 0 spiro atoms. The van der Waals surface area contributed by atoms with E-state index in [1.807, 2.05) is 41.2 Å². The number of rotatable bonds is 5. The summed E-state index contributed by atoms with van der Waals surface area (Å²) in [5.41, 5.74) is 9.96. The van der Waals surface area contributed by atoms with Crippen molar-refractivity contribution in [2.45, 2.75) is 13.8 Å². The SMILES string of the molecule is Cc1ccc(-c2nn(-c3ccc(C)cc3)cc2/C=N/NC(=S)Nc2ccccc2)cc1. The number of hydrazone groups is 1. The molecule has 31 heavy (non-hydrogen) atoms. The molecule has 0 amide bonds. The van der Waals surface area contributed by atoms with Gasteiger partial charge >= 0.3 is 0 Å². The molecule has 0 fully saturated rings. The summed E-state index contributed by atoms with van der Waals surface area (Å²) in [6, 6.07) is 26.3. The molecule has 0 atom stereocenters. The van der Waals surface area contributed by atoms with Crippen LogP contribution in [0.15, 0.2) is 90.2 Å². The van der Waals surface area contributed by atoms with Gasteiger partial charge in [0.15, 0.2) is 5.11 Å². The van der Waals surface area contributed by atoms with Gasteiger partial charge in [-0.3, -0.25) is 5.43 Å². The van der Waals surface area contributed by atoms with Crippen LogP contribution in [0.4, 0.5) is 5.69 Å². The normalized spacial score (nSPS) is 10.9. The van der Waals surface area contributed by atoms with E-state index in [0.717, 1.165) is 28.2 Å². The molecule has 6 heteroatoms. The number of nitrogens with zero attached hydrogens (tertiary/aromatic N) is 3. The Balaban J connectivity index is 1.58. The maximum atomic E-state index is 5.33. The first-order valence-corrected chi connectivity index (χ1v) is 10.4. The smallest absolute Gasteiger partial charge is 0.191 e. The highest BCUT2D eigenvalue weighted by Crippen LogP contribution is 2.23. The van der Waals surface area contributed by atoms with Gasteiger partial charge < -0.3 is 5.32 Å². The van der Waals surface area contributed by atoms with Crippen LogP contribution in [-0.4, -0.2) is 21.1 Å². The molecule has 0 aliphatic carbocycles. The first-order chi connectivity index (χ1) is 15.1. The van der Waals surface area contributed by atoms with Gasteiger partial charge in [0.25, 0.3) is 0 Å². The van der Waals surface area contributed by atoms with E-state index < -0.39 is 0 Å². The fourth-order valence-electron chi connectivity index (χ4n) is 3.09. The maximum absolute atomic E-state index is 5.33. The minimum Gasteiger partial charge on any atom is -0.331 e. The number of benzene rings is 3. The first-order valence-electron chi connectivity index (χ1n) is 9.97. The van der Waals surface area contributed by atoms with Gasteiger partial charge in [0.2, 0.25) is 0 Å². The number of para-hydroxylation sites is 1. The summed E-state index contributed by atoms with van der Waals surface area (Å²) >= 11 is 5.33. The molecule has 1 heterocycles. The van der Waals surface area contributed by atoms with Crippen molar-refractivity contribution in [1.82, 2.24) is 15.2 Å². The van der Waals surface area contributed by atoms with Gasteiger partial charge in [0, 0.05) is 23.0 Å². The van der Waals surface area contributed by atoms with Crippen molar-refractivity contribution in [3.05, 3.63) is 102 Å². The summed E-state index contributed by atoms with van der Waals surface area (Å²) in [6.07, 6.45) is 3.71. The number of thiocarbonyl (C=S) groups is 1. The molecule has 0 saturated carbocycles. The van der Waals surface area contributed by atoms with E-state index in [-0.39, 0.29) is 0 Å². The Bertz CT molecular complexity index is 1190. The second-order valence-electron chi connectivity index (χ2n) is 7.27. The predicted octanol–water partition coefficient (Wildman–Crippen LogP) is 5.48. The van der Waals surface area contributed by atoms with Crippen LogP contribution >= 0.6 is 12.2 Å². The highest BCUT2D eigenvalue weighted by Gasteiger charge is 2.11. The largest absolute Gasteiger partial charge is 0.331 e. The molecule has 2 N–H and O–H groups in total. The van der Waals surface area contributed by atoms with Gasteiger partial charge in [0.05, 0.1) is 11.9 Å². The van der Waals surface area contributed by atoms with Crippen LogP contribution in [0, 0.1) is 13.8 Å². The van der Waals surface area contributed by atoms with E-state index in [0.29, 0.717) is 5.11 Å². The average Bonchev–Trinajstić information content (AvgIpc) is 3.19. The lowest BCUT2D eigenvalue weighted by Crippen LogP contribution is -2.23. The van der Waals surface area contributed by atoms with Crippen molar-refractivity contribution in [3.8, 4) is 16.9 Å². The van der Waals surface area contributed by atoms with E-state index in [1.165, 1.54) is 11.1 Å². The zero-order valence-electron chi connectivity index (χ0n) is 17.4. The van der Waals surface area contributed by atoms with E-state index in [1.54, 1.807) is 6.21 Å². The van der Waals surface area contributed by atoms with Crippen LogP contribution < -0.4 is 10.7 Å². The van der Waals surface area contributed by atoms with E-state index in [4.69, 9.17) is 17.3 Å². The molecule has 3 aromatic carbocycles. The van der Waals surface area contributed by atoms with Crippen LogP contribution in [-0.2, 0) is 0 Å². The summed E-state index contributed by atoms with van der Waals surface area (Å²) in [6.45, 7) is 4.14. The third-order valence-electron chi connectivity index (χ3n) is 4.77. The molecule has 0 aliphatic heterocycles. The number of nitrogens with one attached hydrogen (secondary N) is 2. The molecular formula is C25H23N5S. The second kappa shape index (κ2) is 9.36. The number of aryl methyl sites for hydroxylation is 2. The molecule has 0 unspecified atom stereocenters. The van der Waals surface area contributed by atoms with Gasteiger partial charge in [0.1, 0.15) is 5.69 Å². The van der Waals surface area contributed by atoms with E-state index in [2.05, 4.69) is 78.2 Å². The summed E-state index contributed by atoms with van der Waals surface area (Å²) in [5, 5.41) is 12.7. The molecule has 4 rings (SSSR count). The number of hydrogen-bond donors (Lipinski definition) is 2. The molecular weight excluding hydrogens is 402 g/mol. The minimum absolute atomic E-state index is 0.422. The summed E-state index contributed by atoms with van der Waals surface area (Å²) in [4.78, 5) is 0. The van der Waals surface area contributed by atoms with Crippen molar-refractivity contribution in [2.24, 2.45) is 5.10 Å². The van der Waals surface area contributed by atoms with Crippen molar-refractivity contribution in [2.75, 3.05) is 5.32 Å². The molecule has 4 aromatic rings. The second-order valence-corrected chi connectivity index (χ2v) is 7.68. The topological polar surface area (TPSA) is 54.2 Å². The Morgan fingerprint density at radius 2 is 1.55 bits per heavy atom. The fraction of sp³-hybridized carbons (Fsp3) is 0.0800. The van der Waals surface area contributed by atoms with Crippen molar-refractivity contribution in [1.29, 1.82) is 0 Å².